The van der Waals surface area contributed by atoms with Crippen molar-refractivity contribution in [2.45, 2.75) is 119 Å². The lowest BCUT2D eigenvalue weighted by molar-refractivity contribution is 0.650. The highest BCUT2D eigenvalue weighted by atomic mass is 79.9. The van der Waals surface area contributed by atoms with Crippen LogP contribution >= 0.6 is 15.9 Å². The highest BCUT2D eigenvalue weighted by Crippen LogP contribution is 2.40. The summed E-state index contributed by atoms with van der Waals surface area (Å²) in [6.07, 6.45) is 0. The van der Waals surface area contributed by atoms with Gasteiger partial charge in [-0.1, -0.05) is 141 Å². The van der Waals surface area contributed by atoms with Gasteiger partial charge in [-0.3, -0.25) is 0 Å². The zero-order valence-corrected chi connectivity index (χ0v) is 40.7. The molecule has 0 bridgehead atoms. The zero-order chi connectivity index (χ0) is 41.2. The number of hydrogen-bond acceptors (Lipinski definition) is 0. The van der Waals surface area contributed by atoms with E-state index in [0.717, 1.165) is 4.47 Å². The second-order valence-electron chi connectivity index (χ2n) is 20.2. The number of hydrogen-bond donors (Lipinski definition) is 0. The summed E-state index contributed by atoms with van der Waals surface area (Å²) in [6.45, 7) is 28.9. The molecule has 0 heterocycles. The van der Waals surface area contributed by atoms with Crippen molar-refractivity contribution in [1.29, 1.82) is 0 Å². The maximum atomic E-state index is 4.26. The Hall–Kier alpha value is -3.35. The first-order valence-corrected chi connectivity index (χ1v) is 28.0. The first kappa shape index (κ1) is 43.2. The van der Waals surface area contributed by atoms with E-state index in [1.54, 1.807) is 0 Å². The topological polar surface area (TPSA) is 0 Å². The first-order chi connectivity index (χ1) is 26.9. The molecule has 0 saturated carbocycles. The van der Waals surface area contributed by atoms with Crippen LogP contribution in [0, 0.1) is 58.4 Å². The van der Waals surface area contributed by atoms with Gasteiger partial charge in [0, 0.05) is 15.6 Å². The molecule has 6 aromatic rings. The van der Waals surface area contributed by atoms with Crippen molar-refractivity contribution in [3.63, 3.8) is 0 Å². The number of halogens is 1. The minimum atomic E-state index is -1.99. The van der Waals surface area contributed by atoms with Crippen LogP contribution in [0.5, 0.6) is 0 Å². The van der Waals surface area contributed by atoms with Crippen molar-refractivity contribution in [1.82, 2.24) is 0 Å². The van der Waals surface area contributed by atoms with Crippen LogP contribution in [0.1, 0.15) is 94.2 Å². The summed E-state index contributed by atoms with van der Waals surface area (Å²) in [5, 5.41) is 12.6. The van der Waals surface area contributed by atoms with Crippen LogP contribution in [-0.2, 0) is 0 Å². The van der Waals surface area contributed by atoms with Crippen molar-refractivity contribution in [2.75, 3.05) is 0 Å². The van der Waals surface area contributed by atoms with Crippen molar-refractivity contribution < 1.29 is 0 Å². The maximum absolute atomic E-state index is 4.26. The van der Waals surface area contributed by atoms with Gasteiger partial charge in [-0.15, -0.1) is 11.1 Å². The quantitative estimate of drug-likeness (QED) is 0.0654. The minimum Gasteiger partial charge on any atom is -0.126 e. The van der Waals surface area contributed by atoms with E-state index in [1.165, 1.54) is 101 Å². The van der Waals surface area contributed by atoms with E-state index in [2.05, 4.69) is 201 Å². The van der Waals surface area contributed by atoms with Crippen LogP contribution in [0.25, 0.3) is 53.9 Å². The fourth-order valence-corrected chi connectivity index (χ4v) is 22.7. The second kappa shape index (κ2) is 17.9. The Bertz CT molecular complexity index is 2480. The normalized spacial score (nSPS) is 12.7. The lowest BCUT2D eigenvalue weighted by Crippen LogP contribution is -2.37. The van der Waals surface area contributed by atoms with Gasteiger partial charge < -0.3 is 0 Å². The fraction of sp³-hybridized carbons (Fsp3) is 0.444. The average molecular weight is 852 g/mol. The smallest absolute Gasteiger partial charge is 0.126 e. The Labute approximate surface area is 356 Å². The van der Waals surface area contributed by atoms with Crippen LogP contribution in [0.15, 0.2) is 83.3 Å². The molecule has 0 amide bonds. The Balaban J connectivity index is 1.81. The van der Waals surface area contributed by atoms with Gasteiger partial charge in [0.25, 0.3) is 0 Å². The molecule has 0 N–H and O–H groups in total. The van der Waals surface area contributed by atoms with Crippen LogP contribution in [0.2, 0.25) is 36.3 Å². The maximum Gasteiger partial charge on any atom is 0.139 e. The van der Waals surface area contributed by atoms with Crippen LogP contribution in [0.4, 0.5) is 0 Å². The molecule has 298 valence electrons. The molecule has 0 aromatic heterocycles. The molecule has 3 heteroatoms. The van der Waals surface area contributed by atoms with E-state index in [9.17, 15) is 0 Å². The lowest BCUT2D eigenvalue weighted by atomic mass is 9.88. The van der Waals surface area contributed by atoms with Gasteiger partial charge in [0.15, 0.2) is 0 Å². The van der Waals surface area contributed by atoms with E-state index in [4.69, 9.17) is 0 Å². The third kappa shape index (κ3) is 10.3. The molecule has 0 atom stereocenters. The predicted octanol–water partition coefficient (Wildman–Crippen LogP) is 16.8. The van der Waals surface area contributed by atoms with Crippen molar-refractivity contribution in [3.05, 3.63) is 94.5 Å². The summed E-state index contributed by atoms with van der Waals surface area (Å²) in [5.41, 5.74) is 10.9. The van der Waals surface area contributed by atoms with Crippen LogP contribution in [0.3, 0.4) is 0 Å². The molecule has 6 rings (SSSR count). The molecular formula is C54H67BrSi2. The Morgan fingerprint density at radius 3 is 1.02 bits per heavy atom. The largest absolute Gasteiger partial charge is 0.139 e. The van der Waals surface area contributed by atoms with E-state index in [0.29, 0.717) is 35.5 Å². The van der Waals surface area contributed by atoms with Crippen molar-refractivity contribution in [2.24, 2.45) is 35.5 Å². The monoisotopic (exact) mass is 850 g/mol. The summed E-state index contributed by atoms with van der Waals surface area (Å²) >= 11 is 3.81. The molecule has 0 saturated heterocycles. The number of rotatable bonds is 12. The highest BCUT2D eigenvalue weighted by molar-refractivity contribution is 9.10. The Morgan fingerprint density at radius 2 is 0.684 bits per heavy atom. The Kier molecular flexibility index (Phi) is 13.6. The molecule has 0 aliphatic rings. The molecule has 57 heavy (non-hydrogen) atoms. The van der Waals surface area contributed by atoms with E-state index < -0.39 is 16.1 Å². The van der Waals surface area contributed by atoms with Crippen LogP contribution < -0.4 is 0 Å². The van der Waals surface area contributed by atoms with Crippen molar-refractivity contribution in [3.8, 4) is 22.9 Å². The summed E-state index contributed by atoms with van der Waals surface area (Å²) < 4.78 is 1.10. The summed E-state index contributed by atoms with van der Waals surface area (Å²) in [6, 6.07) is 37.6. The predicted molar refractivity (Wildman–Crippen MR) is 265 cm³/mol. The second-order valence-corrected chi connectivity index (χ2v) is 29.2. The first-order valence-electron chi connectivity index (χ1n) is 22.0. The van der Waals surface area contributed by atoms with Crippen LogP contribution in [-0.4, -0.2) is 16.1 Å². The summed E-state index contributed by atoms with van der Waals surface area (Å²) in [5.74, 6) is 12.0. The molecule has 0 fully saturated rings. The highest BCUT2D eigenvalue weighted by Gasteiger charge is 2.35. The third-order valence-corrected chi connectivity index (χ3v) is 22.9. The van der Waals surface area contributed by atoms with Gasteiger partial charge in [-0.25, -0.2) is 0 Å². The van der Waals surface area contributed by atoms with Gasteiger partial charge >= 0.3 is 0 Å². The summed E-state index contributed by atoms with van der Waals surface area (Å²) in [7, 11) is -3.97. The fourth-order valence-electron chi connectivity index (χ4n) is 10.5. The molecule has 0 spiro atoms. The molecule has 0 nitrogen and oxygen atoms in total. The SMILES string of the molecule is CC(C)C[Si](C#Cc1c2cc3ccc(Br)cc3cc2c(C#C[Si](CC(C)C)(CC(C)C)CC(C)C)c2cc3cc4ccccc4cc3cc12)(CC(C)C)CC(C)C. The zero-order valence-electron chi connectivity index (χ0n) is 37.1. The molecular weight excluding hydrogens is 785 g/mol. The van der Waals surface area contributed by atoms with E-state index in [1.807, 2.05) is 0 Å². The molecule has 0 radical (unpaired) electrons. The lowest BCUT2D eigenvalue weighted by Gasteiger charge is -2.31. The number of fused-ring (bicyclic) bond motifs is 5. The molecule has 0 aliphatic heterocycles. The molecule has 0 unspecified atom stereocenters. The summed E-state index contributed by atoms with van der Waals surface area (Å²) in [4.78, 5) is 0. The average Bonchev–Trinajstić information content (AvgIpc) is 3.08. The number of benzene rings is 6. The third-order valence-electron chi connectivity index (χ3n) is 11.6. The van der Waals surface area contributed by atoms with Gasteiger partial charge in [-0.05, 0) is 174 Å². The molecule has 0 aliphatic carbocycles. The van der Waals surface area contributed by atoms with Gasteiger partial charge in [-0.2, -0.15) is 0 Å². The van der Waals surface area contributed by atoms with Gasteiger partial charge in [0.2, 0.25) is 0 Å². The van der Waals surface area contributed by atoms with E-state index in [-0.39, 0.29) is 0 Å². The molecule has 6 aromatic carbocycles. The van der Waals surface area contributed by atoms with Gasteiger partial charge in [0.05, 0.1) is 0 Å². The van der Waals surface area contributed by atoms with Crippen molar-refractivity contribution >= 4 is 85.9 Å². The van der Waals surface area contributed by atoms with E-state index >= 15 is 0 Å². The minimum absolute atomic E-state index is 0.625. The standard InChI is InChI=1S/C54H67BrSi2/c1-36(2)30-56(31-37(3)4,32-38(5)6)21-19-49-51-26-44-17-18-48(55)25-47(44)29-54(51)50(20-22-57(33-39(7)8,34-40(9)10)35-41(11)12)53-28-46-24-43-16-14-13-15-42(43)23-45(46)27-52(49)53/h13-18,23-29,36-41H,30-35H2,1-12H3. The Morgan fingerprint density at radius 1 is 0.386 bits per heavy atom. The van der Waals surface area contributed by atoms with Gasteiger partial charge in [0.1, 0.15) is 16.1 Å².